The Labute approximate surface area is 162 Å². The summed E-state index contributed by atoms with van der Waals surface area (Å²) in [5.41, 5.74) is 3.57. The van der Waals surface area contributed by atoms with Gasteiger partial charge in [-0.15, -0.1) is 5.10 Å². The molecule has 3 aromatic rings. The molecule has 0 unspecified atom stereocenters. The van der Waals surface area contributed by atoms with E-state index in [0.717, 1.165) is 60.3 Å². The number of nitrogens with zero attached hydrogens (tertiary/aromatic N) is 7. The molecule has 0 aromatic carbocycles. The van der Waals surface area contributed by atoms with Crippen molar-refractivity contribution < 1.29 is 8.42 Å². The van der Waals surface area contributed by atoms with Crippen molar-refractivity contribution in [2.75, 3.05) is 41.7 Å². The van der Waals surface area contributed by atoms with Crippen molar-refractivity contribution in [1.29, 1.82) is 0 Å². The molecule has 0 N–H and O–H groups in total. The summed E-state index contributed by atoms with van der Waals surface area (Å²) in [5, 5.41) is 13.1. The highest BCUT2D eigenvalue weighted by atomic mass is 32.2. The van der Waals surface area contributed by atoms with Gasteiger partial charge in [-0.1, -0.05) is 0 Å². The molecule has 0 spiro atoms. The summed E-state index contributed by atoms with van der Waals surface area (Å²) in [6.45, 7) is 5.12. The number of sulfone groups is 1. The molecule has 10 heteroatoms. The molecule has 1 fully saturated rings. The molecular weight excluding hydrogens is 378 g/mol. The second-order valence-electron chi connectivity index (χ2n) is 7.36. The summed E-state index contributed by atoms with van der Waals surface area (Å²) in [6, 6.07) is 3.94. The Balaban J connectivity index is 1.35. The number of hydrogen-bond donors (Lipinski definition) is 0. The van der Waals surface area contributed by atoms with Crippen LogP contribution in [0.2, 0.25) is 0 Å². The fourth-order valence-electron chi connectivity index (χ4n) is 3.92. The lowest BCUT2D eigenvalue weighted by Crippen LogP contribution is -2.47. The van der Waals surface area contributed by atoms with E-state index in [9.17, 15) is 8.42 Å². The Morgan fingerprint density at radius 3 is 2.64 bits per heavy atom. The molecule has 2 aliphatic heterocycles. The average molecular weight is 399 g/mol. The van der Waals surface area contributed by atoms with E-state index in [-0.39, 0.29) is 11.5 Å². The van der Waals surface area contributed by atoms with Crippen LogP contribution in [0, 0.1) is 6.92 Å². The highest BCUT2D eigenvalue weighted by molar-refractivity contribution is 7.90. The van der Waals surface area contributed by atoms with Gasteiger partial charge in [0.05, 0.1) is 22.9 Å². The summed E-state index contributed by atoms with van der Waals surface area (Å²) < 4.78 is 25.7. The maximum absolute atomic E-state index is 11.9. The van der Waals surface area contributed by atoms with E-state index in [4.69, 9.17) is 0 Å². The minimum absolute atomic E-state index is 0.0668. The van der Waals surface area contributed by atoms with Gasteiger partial charge in [0, 0.05) is 45.0 Å². The van der Waals surface area contributed by atoms with Crippen LogP contribution in [-0.4, -0.2) is 65.1 Å². The van der Waals surface area contributed by atoms with Gasteiger partial charge in [0.1, 0.15) is 5.52 Å². The van der Waals surface area contributed by atoms with E-state index in [1.54, 1.807) is 6.20 Å². The molecule has 1 saturated heterocycles. The van der Waals surface area contributed by atoms with Gasteiger partial charge in [-0.05, 0) is 24.6 Å². The van der Waals surface area contributed by atoms with E-state index in [1.165, 1.54) is 0 Å². The first-order chi connectivity index (χ1) is 13.5. The van der Waals surface area contributed by atoms with Gasteiger partial charge >= 0.3 is 0 Å². The zero-order chi connectivity index (χ0) is 19.3. The summed E-state index contributed by atoms with van der Waals surface area (Å²) in [7, 11) is -3.02. The molecule has 146 valence electrons. The number of rotatable bonds is 2. The van der Waals surface area contributed by atoms with Gasteiger partial charge in [-0.2, -0.15) is 10.2 Å². The minimum Gasteiger partial charge on any atom is -0.352 e. The van der Waals surface area contributed by atoms with Crippen LogP contribution in [0.5, 0.6) is 0 Å². The van der Waals surface area contributed by atoms with E-state index in [1.807, 2.05) is 29.8 Å². The van der Waals surface area contributed by atoms with Crippen LogP contribution in [0.3, 0.4) is 0 Å². The zero-order valence-electron chi connectivity index (χ0n) is 15.6. The van der Waals surface area contributed by atoms with Crippen molar-refractivity contribution in [2.45, 2.75) is 19.1 Å². The van der Waals surface area contributed by atoms with E-state index in [0.29, 0.717) is 6.42 Å². The van der Waals surface area contributed by atoms with Crippen LogP contribution >= 0.6 is 0 Å². The van der Waals surface area contributed by atoms with Crippen molar-refractivity contribution in [2.24, 2.45) is 0 Å². The average Bonchev–Trinajstić information content (AvgIpc) is 3.07. The van der Waals surface area contributed by atoms with Crippen molar-refractivity contribution in [3.05, 3.63) is 41.5 Å². The third-order valence-electron chi connectivity index (χ3n) is 5.37. The lowest BCUT2D eigenvalue weighted by Gasteiger charge is -2.36. The fourth-order valence-corrected chi connectivity index (χ4v) is 5.29. The number of fused-ring (bicyclic) bond motifs is 2. The number of aromatic nitrogens is 5. The smallest absolute Gasteiger partial charge is 0.154 e. The molecule has 9 nitrogen and oxygen atoms in total. The Kier molecular flexibility index (Phi) is 3.97. The van der Waals surface area contributed by atoms with Gasteiger partial charge < -0.3 is 9.80 Å². The molecule has 0 aliphatic carbocycles. The van der Waals surface area contributed by atoms with Gasteiger partial charge in [0.25, 0.3) is 0 Å². The van der Waals surface area contributed by atoms with Crippen molar-refractivity contribution in [1.82, 2.24) is 24.8 Å². The minimum atomic E-state index is -3.02. The Hall–Kier alpha value is -2.75. The molecule has 2 aliphatic rings. The zero-order valence-corrected chi connectivity index (χ0v) is 16.4. The fraction of sp³-hybridized carbons (Fsp3) is 0.444. The predicted octanol–water partition coefficient (Wildman–Crippen LogP) is 0.625. The molecule has 0 amide bonds. The first-order valence-corrected chi connectivity index (χ1v) is 11.2. The van der Waals surface area contributed by atoms with Crippen molar-refractivity contribution in [3.63, 3.8) is 0 Å². The summed E-state index contributed by atoms with van der Waals surface area (Å²) in [5.74, 6) is 1.92. The summed E-state index contributed by atoms with van der Waals surface area (Å²) in [4.78, 5) is 8.98. The lowest BCUT2D eigenvalue weighted by atomic mass is 10.2. The Morgan fingerprint density at radius 2 is 1.82 bits per heavy atom. The maximum atomic E-state index is 11.9. The molecule has 0 atom stereocenters. The second kappa shape index (κ2) is 6.40. The Bertz CT molecular complexity index is 1150. The molecular formula is C18H21N7O2S. The van der Waals surface area contributed by atoms with Gasteiger partial charge in [0.15, 0.2) is 21.5 Å². The first kappa shape index (κ1) is 17.4. The second-order valence-corrected chi connectivity index (χ2v) is 9.54. The summed E-state index contributed by atoms with van der Waals surface area (Å²) in [6.07, 6.45) is 4.09. The number of piperazine rings is 1. The number of hydrogen-bond acceptors (Lipinski definition) is 8. The Morgan fingerprint density at radius 1 is 1.04 bits per heavy atom. The standard InChI is InChI=1S/C18H21N7O2S/c1-13-10-16-18(19-3-4-25(16)22-13)24-7-5-23(6-8-24)17-11-14-12-28(26,27)9-2-15(14)20-21-17/h3-4,10-11H,2,5-9,12H2,1H3. The predicted molar refractivity (Wildman–Crippen MR) is 105 cm³/mol. The SMILES string of the molecule is Cc1cc2c(N3CCN(c4cc5c(nn4)CCS(=O)(=O)C5)CC3)nccn2n1. The lowest BCUT2D eigenvalue weighted by molar-refractivity contribution is 0.589. The molecule has 0 bridgehead atoms. The number of anilines is 2. The first-order valence-electron chi connectivity index (χ1n) is 9.35. The van der Waals surface area contributed by atoms with E-state index in [2.05, 4.69) is 30.1 Å². The van der Waals surface area contributed by atoms with Crippen molar-refractivity contribution >= 4 is 27.0 Å². The van der Waals surface area contributed by atoms with Crippen LogP contribution in [0.15, 0.2) is 24.5 Å². The summed E-state index contributed by atoms with van der Waals surface area (Å²) >= 11 is 0. The van der Waals surface area contributed by atoms with Crippen molar-refractivity contribution in [3.8, 4) is 0 Å². The van der Waals surface area contributed by atoms with Gasteiger partial charge in [-0.3, -0.25) is 0 Å². The molecule has 5 rings (SSSR count). The molecule has 5 heterocycles. The van der Waals surface area contributed by atoms with Gasteiger partial charge in [-0.25, -0.2) is 17.9 Å². The normalized spacial score (nSPS) is 19.0. The quantitative estimate of drug-likeness (QED) is 0.619. The molecule has 0 radical (unpaired) electrons. The van der Waals surface area contributed by atoms with E-state index >= 15 is 0 Å². The van der Waals surface area contributed by atoms with E-state index < -0.39 is 9.84 Å². The molecule has 0 saturated carbocycles. The monoisotopic (exact) mass is 399 g/mol. The third-order valence-corrected chi connectivity index (χ3v) is 6.94. The van der Waals surface area contributed by atoms with Crippen LogP contribution < -0.4 is 9.80 Å². The van der Waals surface area contributed by atoms with Crippen LogP contribution in [-0.2, 0) is 22.0 Å². The largest absolute Gasteiger partial charge is 0.352 e. The van der Waals surface area contributed by atoms with Gasteiger partial charge in [0.2, 0.25) is 0 Å². The third kappa shape index (κ3) is 3.07. The molecule has 3 aromatic heterocycles. The topological polar surface area (TPSA) is 96.6 Å². The highest BCUT2D eigenvalue weighted by Crippen LogP contribution is 2.25. The van der Waals surface area contributed by atoms with Crippen LogP contribution in [0.25, 0.3) is 5.52 Å². The molecule has 28 heavy (non-hydrogen) atoms. The van der Waals surface area contributed by atoms with Crippen LogP contribution in [0.4, 0.5) is 11.6 Å². The van der Waals surface area contributed by atoms with Crippen LogP contribution in [0.1, 0.15) is 17.0 Å². The highest BCUT2D eigenvalue weighted by Gasteiger charge is 2.26. The number of aryl methyl sites for hydroxylation is 2. The maximum Gasteiger partial charge on any atom is 0.154 e.